The lowest BCUT2D eigenvalue weighted by atomic mass is 9.85. The van der Waals surface area contributed by atoms with Crippen LogP contribution in [0.5, 0.6) is 11.5 Å². The van der Waals surface area contributed by atoms with E-state index in [9.17, 15) is 24.0 Å². The lowest BCUT2D eigenvalue weighted by Crippen LogP contribution is -2.61. The molecule has 3 aromatic rings. The Balaban J connectivity index is 1.35. The van der Waals surface area contributed by atoms with Gasteiger partial charge in [-0.05, 0) is 57.6 Å². The molecule has 2 saturated carbocycles. The van der Waals surface area contributed by atoms with E-state index in [4.69, 9.17) is 14.5 Å². The normalized spacial score (nSPS) is 23.2. The zero-order valence-corrected chi connectivity index (χ0v) is 34.3. The van der Waals surface area contributed by atoms with Gasteiger partial charge in [-0.1, -0.05) is 51.0 Å². The number of ether oxygens (including phenoxy) is 2. The number of hydrogen-bond donors (Lipinski definition) is 4. The van der Waals surface area contributed by atoms with Gasteiger partial charge >= 0.3 is 6.03 Å². The summed E-state index contributed by atoms with van der Waals surface area (Å²) in [6.45, 7) is 16.2. The van der Waals surface area contributed by atoms with E-state index < -0.39 is 47.0 Å². The number of amides is 5. The second-order valence-corrected chi connectivity index (χ2v) is 17.7. The maximum absolute atomic E-state index is 14.7. The van der Waals surface area contributed by atoms with Crippen molar-refractivity contribution in [3.05, 3.63) is 42.6 Å². The Bertz CT molecular complexity index is 2070. The van der Waals surface area contributed by atoms with Gasteiger partial charge < -0.3 is 35.6 Å². The number of thiazole rings is 1. The average molecular weight is 788 g/mol. The fourth-order valence-electron chi connectivity index (χ4n) is 8.03. The lowest BCUT2D eigenvalue weighted by molar-refractivity contribution is -0.142. The predicted molar refractivity (Wildman–Crippen MR) is 215 cm³/mol. The molecule has 2 aliphatic carbocycles. The van der Waals surface area contributed by atoms with Crippen LogP contribution in [0.15, 0.2) is 37.1 Å². The number of aromatic nitrogens is 2. The van der Waals surface area contributed by atoms with Crippen molar-refractivity contribution in [3.63, 3.8) is 0 Å². The van der Waals surface area contributed by atoms with Gasteiger partial charge in [-0.2, -0.15) is 0 Å². The summed E-state index contributed by atoms with van der Waals surface area (Å²) < 4.78 is 12.4. The minimum Gasteiger partial charge on any atom is -0.496 e. The van der Waals surface area contributed by atoms with Crippen LogP contribution in [0.3, 0.4) is 0 Å². The number of methoxy groups -OCH3 is 1. The monoisotopic (exact) mass is 787 g/mol. The molecule has 0 unspecified atom stereocenters. The van der Waals surface area contributed by atoms with Gasteiger partial charge in [0, 0.05) is 48.0 Å². The lowest BCUT2D eigenvalue weighted by Gasteiger charge is -2.36. The number of urea groups is 1. The number of likely N-dealkylation sites (tertiary alicyclic amines) is 1. The summed E-state index contributed by atoms with van der Waals surface area (Å²) in [4.78, 5) is 78.5. The van der Waals surface area contributed by atoms with Crippen LogP contribution in [-0.4, -0.2) is 87.3 Å². The first-order valence-corrected chi connectivity index (χ1v) is 19.9. The van der Waals surface area contributed by atoms with Crippen LogP contribution >= 0.6 is 11.3 Å². The molecule has 1 saturated heterocycles. The van der Waals surface area contributed by atoms with Gasteiger partial charge in [-0.25, -0.2) is 14.8 Å². The van der Waals surface area contributed by atoms with Crippen LogP contribution in [-0.2, 0) is 19.2 Å². The minimum absolute atomic E-state index is 0.0317. The maximum atomic E-state index is 14.7. The first kappa shape index (κ1) is 40.6. The van der Waals surface area contributed by atoms with E-state index in [2.05, 4.69) is 32.8 Å². The van der Waals surface area contributed by atoms with Crippen molar-refractivity contribution in [1.82, 2.24) is 30.8 Å². The molecule has 56 heavy (non-hydrogen) atoms. The molecule has 0 bridgehead atoms. The molecular formula is C41H53N7O7S. The van der Waals surface area contributed by atoms with Crippen LogP contribution in [0.2, 0.25) is 0 Å². The van der Waals surface area contributed by atoms with Crippen LogP contribution < -0.4 is 30.7 Å². The molecule has 0 radical (unpaired) electrons. The van der Waals surface area contributed by atoms with Crippen molar-refractivity contribution in [2.75, 3.05) is 19.0 Å². The number of fused-ring (bicyclic) bond motifs is 1. The molecule has 3 aliphatic rings. The van der Waals surface area contributed by atoms with Crippen LogP contribution in [0, 0.1) is 18.3 Å². The minimum atomic E-state index is -1.08. The molecule has 5 amide bonds. The second-order valence-electron chi connectivity index (χ2n) is 16.7. The van der Waals surface area contributed by atoms with Crippen LogP contribution in [0.25, 0.3) is 21.5 Å². The quantitative estimate of drug-likeness (QED) is 0.168. The Morgan fingerprint density at radius 3 is 2.41 bits per heavy atom. The SMILES string of the molecule is C=C[C@@H]1C[C@]1(NC(=O)[C@@H]1C[C@@H](Oc2cc(-c3cnc(NC(C)=O)s3)nc3c(C)c(OC)ccc23)CN1C(=O)[C@@H](NC(=O)NC1(C)CCCC1)C(C)(C)C)C(C)=O. The Morgan fingerprint density at radius 2 is 1.80 bits per heavy atom. The molecule has 5 atom stereocenters. The smallest absolute Gasteiger partial charge is 0.315 e. The summed E-state index contributed by atoms with van der Waals surface area (Å²) in [5, 5.41) is 12.8. The number of nitrogens with zero attached hydrogens (tertiary/aromatic N) is 3. The number of anilines is 1. The number of ketones is 1. The fraction of sp³-hybridized carbons (Fsp3) is 0.537. The van der Waals surface area contributed by atoms with Gasteiger partial charge in [0.25, 0.3) is 0 Å². The molecule has 15 heteroatoms. The summed E-state index contributed by atoms with van der Waals surface area (Å²) in [5.41, 5.74) is -0.224. The molecule has 3 fully saturated rings. The number of pyridine rings is 1. The van der Waals surface area contributed by atoms with E-state index >= 15 is 0 Å². The molecular weight excluding hydrogens is 735 g/mol. The highest BCUT2D eigenvalue weighted by Gasteiger charge is 2.59. The first-order valence-electron chi connectivity index (χ1n) is 19.1. The Morgan fingerprint density at radius 1 is 1.09 bits per heavy atom. The summed E-state index contributed by atoms with van der Waals surface area (Å²) in [7, 11) is 1.58. The molecule has 1 aromatic carbocycles. The average Bonchev–Trinajstić information content (AvgIpc) is 3.46. The molecule has 6 rings (SSSR count). The molecule has 14 nitrogen and oxygen atoms in total. The van der Waals surface area contributed by atoms with Gasteiger partial charge in [-0.15, -0.1) is 6.58 Å². The van der Waals surface area contributed by atoms with Gasteiger partial charge in [0.2, 0.25) is 17.7 Å². The highest BCUT2D eigenvalue weighted by Crippen LogP contribution is 2.46. The van der Waals surface area contributed by atoms with Crippen LogP contribution in [0.1, 0.15) is 85.6 Å². The van der Waals surface area contributed by atoms with Crippen molar-refractivity contribution in [1.29, 1.82) is 0 Å². The molecule has 0 spiro atoms. The number of Topliss-reactive ketones (excluding diaryl/α,β-unsaturated/α-hetero) is 1. The number of hydrogen-bond acceptors (Lipinski definition) is 10. The van der Waals surface area contributed by atoms with E-state index in [-0.39, 0.29) is 36.1 Å². The van der Waals surface area contributed by atoms with Crippen molar-refractivity contribution in [2.24, 2.45) is 11.3 Å². The van der Waals surface area contributed by atoms with E-state index in [1.165, 1.54) is 30.1 Å². The third kappa shape index (κ3) is 8.23. The maximum Gasteiger partial charge on any atom is 0.315 e. The van der Waals surface area contributed by atoms with Crippen molar-refractivity contribution in [3.8, 4) is 22.1 Å². The molecule has 4 N–H and O–H groups in total. The first-order chi connectivity index (χ1) is 26.4. The third-order valence-corrected chi connectivity index (χ3v) is 12.3. The second kappa shape index (κ2) is 15.5. The molecule has 3 heterocycles. The topological polar surface area (TPSA) is 181 Å². The summed E-state index contributed by atoms with van der Waals surface area (Å²) >= 11 is 1.26. The van der Waals surface area contributed by atoms with Crippen molar-refractivity contribution in [2.45, 2.75) is 116 Å². The Kier molecular flexibility index (Phi) is 11.2. The highest BCUT2D eigenvalue weighted by molar-refractivity contribution is 7.19. The predicted octanol–water partition coefficient (Wildman–Crippen LogP) is 5.68. The van der Waals surface area contributed by atoms with Crippen molar-refractivity contribution >= 4 is 56.9 Å². The number of carbonyl (C=O) groups excluding carboxylic acids is 5. The summed E-state index contributed by atoms with van der Waals surface area (Å²) in [6, 6.07) is 3.04. The number of rotatable bonds is 12. The van der Waals surface area contributed by atoms with Gasteiger partial charge in [0.15, 0.2) is 10.9 Å². The summed E-state index contributed by atoms with van der Waals surface area (Å²) in [5.74, 6) is -0.454. The Hall–Kier alpha value is -5.05. The highest BCUT2D eigenvalue weighted by atomic mass is 32.1. The zero-order chi connectivity index (χ0) is 40.7. The number of benzene rings is 1. The van der Waals surface area contributed by atoms with Gasteiger partial charge in [0.05, 0.1) is 29.7 Å². The van der Waals surface area contributed by atoms with E-state index in [1.807, 2.05) is 46.8 Å². The van der Waals surface area contributed by atoms with Crippen molar-refractivity contribution < 1.29 is 33.4 Å². The summed E-state index contributed by atoms with van der Waals surface area (Å²) in [6.07, 6.45) is 6.91. The van der Waals surface area contributed by atoms with E-state index in [1.54, 1.807) is 25.4 Å². The number of aryl methyl sites for hydroxylation is 1. The van der Waals surface area contributed by atoms with E-state index in [0.717, 1.165) is 31.2 Å². The standard InChI is InChI=1S/C41H53N7O7S/c1-10-25-19-41(25,23(3)49)46-35(51)29-17-26(21-48(29)36(52)34(39(5,6)7)45-37(53)47-40(8)15-11-12-16-40)55-31-18-28(32-20-42-38(56-32)43-24(4)50)44-33-22(2)30(54-9)14-13-27(31)33/h10,13-14,18,20,25-26,29,34H,1,11-12,15-17,19,21H2,2-9H3,(H,46,51)(H,42,43,50)(H2,45,47,53)/t25-,26-,29+,34-,41+/m1/s1. The van der Waals surface area contributed by atoms with Crippen LogP contribution in [0.4, 0.5) is 9.93 Å². The zero-order valence-electron chi connectivity index (χ0n) is 33.5. The number of nitrogens with one attached hydrogen (secondary N) is 4. The van der Waals surface area contributed by atoms with E-state index in [0.29, 0.717) is 44.5 Å². The third-order valence-electron chi connectivity index (χ3n) is 11.3. The molecule has 1 aliphatic heterocycles. The van der Waals surface area contributed by atoms with Gasteiger partial charge in [-0.3, -0.25) is 19.2 Å². The molecule has 2 aromatic heterocycles. The number of carbonyl (C=O) groups is 5. The Labute approximate surface area is 331 Å². The molecule has 300 valence electrons. The largest absolute Gasteiger partial charge is 0.496 e. The van der Waals surface area contributed by atoms with Gasteiger partial charge in [0.1, 0.15) is 35.2 Å². The fourth-order valence-corrected chi connectivity index (χ4v) is 8.85.